The minimum Gasteiger partial charge on any atom is -0.297 e. The number of H-pyrrole nitrogens is 2. The first-order chi connectivity index (χ1) is 7.66. The first-order valence-corrected chi connectivity index (χ1v) is 5.61. The summed E-state index contributed by atoms with van der Waals surface area (Å²) in [6, 6.07) is 4.02. The molecule has 2 aromatic heterocycles. The van der Waals surface area contributed by atoms with Crippen LogP contribution in [0.3, 0.4) is 0 Å². The average Bonchev–Trinajstić information content (AvgIpc) is 2.60. The van der Waals surface area contributed by atoms with Crippen molar-refractivity contribution in [3.63, 3.8) is 0 Å². The highest BCUT2D eigenvalue weighted by Crippen LogP contribution is 2.27. The van der Waals surface area contributed by atoms with E-state index in [1.807, 2.05) is 19.1 Å². The number of nitrogens with one attached hydrogen (secondary N) is 2. The fraction of sp³-hybridized carbons (Fsp3) is 0.0909. The van der Waals surface area contributed by atoms with E-state index >= 15 is 0 Å². The van der Waals surface area contributed by atoms with Gasteiger partial charge in [0.1, 0.15) is 0 Å². The number of benzene rings is 1. The van der Waals surface area contributed by atoms with Crippen LogP contribution in [-0.2, 0) is 0 Å². The molecule has 0 saturated heterocycles. The van der Waals surface area contributed by atoms with Gasteiger partial charge in [-0.15, -0.1) is 0 Å². The minimum absolute atomic E-state index is 0.137. The SMILES string of the molecule is Cc1cc(Br)c2ncc3c(=O)[nH][nH]c3c2c1. The van der Waals surface area contributed by atoms with Crippen molar-refractivity contribution in [2.75, 3.05) is 0 Å². The lowest BCUT2D eigenvalue weighted by atomic mass is 10.1. The Balaban J connectivity index is 2.65. The molecule has 0 atom stereocenters. The third-order valence-corrected chi connectivity index (χ3v) is 3.22. The smallest absolute Gasteiger partial charge is 0.273 e. The van der Waals surface area contributed by atoms with Gasteiger partial charge in [0, 0.05) is 16.1 Å². The maximum atomic E-state index is 11.5. The second-order valence-corrected chi connectivity index (χ2v) is 4.62. The summed E-state index contributed by atoms with van der Waals surface area (Å²) in [6.07, 6.45) is 1.59. The molecule has 3 rings (SSSR count). The van der Waals surface area contributed by atoms with Gasteiger partial charge in [-0.1, -0.05) is 0 Å². The number of nitrogens with zero attached hydrogens (tertiary/aromatic N) is 1. The highest BCUT2D eigenvalue weighted by Gasteiger charge is 2.09. The third-order valence-electron chi connectivity index (χ3n) is 2.61. The zero-order chi connectivity index (χ0) is 11.3. The van der Waals surface area contributed by atoms with Gasteiger partial charge in [-0.25, -0.2) is 0 Å². The van der Waals surface area contributed by atoms with Crippen molar-refractivity contribution in [3.05, 3.63) is 38.7 Å². The largest absolute Gasteiger partial charge is 0.297 e. The van der Waals surface area contributed by atoms with Crippen molar-refractivity contribution in [1.82, 2.24) is 15.2 Å². The summed E-state index contributed by atoms with van der Waals surface area (Å²) in [5, 5.41) is 6.99. The summed E-state index contributed by atoms with van der Waals surface area (Å²) in [5.41, 5.74) is 2.64. The van der Waals surface area contributed by atoms with E-state index in [2.05, 4.69) is 31.1 Å². The molecular formula is C11H8BrN3O. The second kappa shape index (κ2) is 3.18. The molecule has 2 N–H and O–H groups in total. The number of hydrogen-bond donors (Lipinski definition) is 2. The van der Waals surface area contributed by atoms with Gasteiger partial charge in [0.2, 0.25) is 0 Å². The van der Waals surface area contributed by atoms with Crippen LogP contribution in [0.4, 0.5) is 0 Å². The molecule has 2 heterocycles. The van der Waals surface area contributed by atoms with E-state index < -0.39 is 0 Å². The van der Waals surface area contributed by atoms with Gasteiger partial charge in [0.15, 0.2) is 0 Å². The van der Waals surface area contributed by atoms with E-state index in [1.165, 1.54) is 0 Å². The summed E-state index contributed by atoms with van der Waals surface area (Å²) in [7, 11) is 0. The van der Waals surface area contributed by atoms with Gasteiger partial charge >= 0.3 is 0 Å². The fourth-order valence-electron chi connectivity index (χ4n) is 1.89. The van der Waals surface area contributed by atoms with Crippen molar-refractivity contribution in [1.29, 1.82) is 0 Å². The number of pyridine rings is 1. The molecule has 5 heteroatoms. The molecule has 1 aromatic carbocycles. The molecule has 3 aromatic rings. The lowest BCUT2D eigenvalue weighted by molar-refractivity contribution is 1.08. The highest BCUT2D eigenvalue weighted by molar-refractivity contribution is 9.10. The summed E-state index contributed by atoms with van der Waals surface area (Å²) < 4.78 is 0.937. The quantitative estimate of drug-likeness (QED) is 0.663. The van der Waals surface area contributed by atoms with Crippen LogP contribution < -0.4 is 5.56 Å². The Labute approximate surface area is 98.8 Å². The Hall–Kier alpha value is -1.62. The van der Waals surface area contributed by atoms with E-state index in [0.717, 1.165) is 26.5 Å². The number of aromatic nitrogens is 3. The summed E-state index contributed by atoms with van der Waals surface area (Å²) in [5.74, 6) is 0. The monoisotopic (exact) mass is 277 g/mol. The number of aromatic amines is 2. The molecule has 0 bridgehead atoms. The van der Waals surface area contributed by atoms with Crippen LogP contribution in [0.2, 0.25) is 0 Å². The molecule has 0 aliphatic carbocycles. The normalized spacial score (nSPS) is 11.4. The van der Waals surface area contributed by atoms with Crippen LogP contribution in [0.15, 0.2) is 27.6 Å². The van der Waals surface area contributed by atoms with E-state index in [9.17, 15) is 4.79 Å². The molecule has 0 fully saturated rings. The topological polar surface area (TPSA) is 61.5 Å². The van der Waals surface area contributed by atoms with E-state index in [4.69, 9.17) is 0 Å². The van der Waals surface area contributed by atoms with Crippen LogP contribution in [0.5, 0.6) is 0 Å². The fourth-order valence-corrected chi connectivity index (χ4v) is 2.57. The molecule has 4 nitrogen and oxygen atoms in total. The minimum atomic E-state index is -0.137. The van der Waals surface area contributed by atoms with Crippen LogP contribution in [0, 0.1) is 6.92 Å². The van der Waals surface area contributed by atoms with E-state index in [-0.39, 0.29) is 5.56 Å². The third kappa shape index (κ3) is 1.21. The van der Waals surface area contributed by atoms with Gasteiger partial charge in [-0.2, -0.15) is 0 Å². The molecule has 0 spiro atoms. The maximum Gasteiger partial charge on any atom is 0.273 e. The first kappa shape index (κ1) is 9.59. The van der Waals surface area contributed by atoms with Gasteiger partial charge in [-0.05, 0) is 40.5 Å². The lowest BCUT2D eigenvalue weighted by Gasteiger charge is -2.02. The molecule has 16 heavy (non-hydrogen) atoms. The summed E-state index contributed by atoms with van der Waals surface area (Å²) >= 11 is 3.48. The number of fused-ring (bicyclic) bond motifs is 3. The predicted octanol–water partition coefficient (Wildman–Crippen LogP) is 2.48. The number of aryl methyl sites for hydroxylation is 1. The maximum absolute atomic E-state index is 11.5. The second-order valence-electron chi connectivity index (χ2n) is 3.77. The van der Waals surface area contributed by atoms with Crippen molar-refractivity contribution < 1.29 is 0 Å². The molecule has 0 amide bonds. The summed E-state index contributed by atoms with van der Waals surface area (Å²) in [4.78, 5) is 15.7. The molecule has 80 valence electrons. The summed E-state index contributed by atoms with van der Waals surface area (Å²) in [6.45, 7) is 2.01. The predicted molar refractivity (Wildman–Crippen MR) is 66.7 cm³/mol. The van der Waals surface area contributed by atoms with Gasteiger partial charge < -0.3 is 0 Å². The van der Waals surface area contributed by atoms with Crippen molar-refractivity contribution in [3.8, 4) is 0 Å². The van der Waals surface area contributed by atoms with Crippen molar-refractivity contribution in [2.24, 2.45) is 0 Å². The molecule has 0 radical (unpaired) electrons. The number of halogens is 1. The van der Waals surface area contributed by atoms with E-state index in [1.54, 1.807) is 6.20 Å². The van der Waals surface area contributed by atoms with Crippen LogP contribution >= 0.6 is 15.9 Å². The van der Waals surface area contributed by atoms with Crippen LogP contribution in [-0.4, -0.2) is 15.2 Å². The highest BCUT2D eigenvalue weighted by atomic mass is 79.9. The van der Waals surface area contributed by atoms with Crippen LogP contribution in [0.1, 0.15) is 5.56 Å². The molecule has 0 aliphatic heterocycles. The Bertz CT molecular complexity index is 757. The number of hydrogen-bond acceptors (Lipinski definition) is 2. The molecule has 0 unspecified atom stereocenters. The molecular weight excluding hydrogens is 270 g/mol. The van der Waals surface area contributed by atoms with Gasteiger partial charge in [0.05, 0.1) is 16.4 Å². The zero-order valence-corrected chi connectivity index (χ0v) is 10.1. The Morgan fingerprint density at radius 2 is 2.06 bits per heavy atom. The van der Waals surface area contributed by atoms with Crippen LogP contribution in [0.25, 0.3) is 21.8 Å². The number of rotatable bonds is 0. The van der Waals surface area contributed by atoms with E-state index in [0.29, 0.717) is 5.39 Å². The van der Waals surface area contributed by atoms with Gasteiger partial charge in [0.25, 0.3) is 5.56 Å². The standard InChI is InChI=1S/C11H8BrN3O/c1-5-2-6-9-7(11(16)15-14-9)4-13-10(6)8(12)3-5/h2-4H,1H3,(H2,14,15,16). The van der Waals surface area contributed by atoms with Gasteiger partial charge in [-0.3, -0.25) is 20.0 Å². The Morgan fingerprint density at radius 1 is 1.25 bits per heavy atom. The average molecular weight is 278 g/mol. The van der Waals surface area contributed by atoms with Crippen molar-refractivity contribution >= 4 is 37.7 Å². The molecule has 0 saturated carbocycles. The lowest BCUT2D eigenvalue weighted by Crippen LogP contribution is -1.97. The first-order valence-electron chi connectivity index (χ1n) is 4.82. The van der Waals surface area contributed by atoms with Crippen molar-refractivity contribution in [2.45, 2.75) is 6.92 Å². The zero-order valence-electron chi connectivity index (χ0n) is 8.47. The Kier molecular flexibility index (Phi) is 1.91. The molecule has 0 aliphatic rings. The Morgan fingerprint density at radius 3 is 2.88 bits per heavy atom.